The number of halogens is 3. The summed E-state index contributed by atoms with van der Waals surface area (Å²) in [6, 6.07) is 2.51. The van der Waals surface area contributed by atoms with Crippen molar-refractivity contribution in [2.24, 2.45) is 0 Å². The molecular formula is C11H14BrF2N. The van der Waals surface area contributed by atoms with Crippen molar-refractivity contribution >= 4 is 21.6 Å². The normalized spacial score (nSPS) is 10.4. The van der Waals surface area contributed by atoms with Gasteiger partial charge in [-0.05, 0) is 18.6 Å². The largest absolute Gasteiger partial charge is 0.380 e. The smallest absolute Gasteiger partial charge is 0.150 e. The molecule has 1 nitrogen and oxygen atoms in total. The molecule has 0 heterocycles. The molecule has 1 N–H and O–H groups in total. The van der Waals surface area contributed by atoms with E-state index >= 15 is 0 Å². The molecule has 0 radical (unpaired) electrons. The number of hydrogen-bond acceptors (Lipinski definition) is 1. The van der Waals surface area contributed by atoms with Gasteiger partial charge >= 0.3 is 0 Å². The molecule has 0 spiro atoms. The zero-order chi connectivity index (χ0) is 11.3. The number of rotatable bonds is 5. The van der Waals surface area contributed by atoms with Crippen molar-refractivity contribution in [3.63, 3.8) is 0 Å². The fourth-order valence-electron chi connectivity index (χ4n) is 1.30. The number of nitrogens with one attached hydrogen (secondary N) is 1. The van der Waals surface area contributed by atoms with Crippen LogP contribution in [-0.2, 0) is 0 Å². The van der Waals surface area contributed by atoms with Gasteiger partial charge in [0.2, 0.25) is 0 Å². The average molecular weight is 278 g/mol. The van der Waals surface area contributed by atoms with E-state index in [1.54, 1.807) is 0 Å². The first-order chi connectivity index (χ1) is 7.15. The summed E-state index contributed by atoms with van der Waals surface area (Å²) >= 11 is 3.03. The first-order valence-electron chi connectivity index (χ1n) is 5.03. The monoisotopic (exact) mass is 277 g/mol. The average Bonchev–Trinajstić information content (AvgIpc) is 2.15. The Hall–Kier alpha value is -0.640. The highest BCUT2D eigenvalue weighted by atomic mass is 79.9. The highest BCUT2D eigenvalue weighted by Crippen LogP contribution is 2.23. The SMILES string of the molecule is CCCCCNc1c(F)cc(Br)cc1F. The van der Waals surface area contributed by atoms with Crippen LogP contribution < -0.4 is 5.32 Å². The van der Waals surface area contributed by atoms with E-state index in [0.29, 0.717) is 11.0 Å². The number of hydrogen-bond donors (Lipinski definition) is 1. The van der Waals surface area contributed by atoms with E-state index < -0.39 is 11.6 Å². The van der Waals surface area contributed by atoms with Gasteiger partial charge in [-0.3, -0.25) is 0 Å². The van der Waals surface area contributed by atoms with Gasteiger partial charge in [0.05, 0.1) is 0 Å². The van der Waals surface area contributed by atoms with Crippen LogP contribution in [0.2, 0.25) is 0 Å². The van der Waals surface area contributed by atoms with Gasteiger partial charge < -0.3 is 5.32 Å². The van der Waals surface area contributed by atoms with Crippen LogP contribution in [0.5, 0.6) is 0 Å². The molecule has 0 bridgehead atoms. The minimum Gasteiger partial charge on any atom is -0.380 e. The van der Waals surface area contributed by atoms with Gasteiger partial charge in [-0.25, -0.2) is 8.78 Å². The van der Waals surface area contributed by atoms with Crippen LogP contribution in [0.15, 0.2) is 16.6 Å². The second-order valence-electron chi connectivity index (χ2n) is 3.38. The van der Waals surface area contributed by atoms with Gasteiger partial charge in [-0.2, -0.15) is 0 Å². The van der Waals surface area contributed by atoms with Crippen molar-refractivity contribution < 1.29 is 8.78 Å². The van der Waals surface area contributed by atoms with Gasteiger partial charge in [0.15, 0.2) is 0 Å². The standard InChI is InChI=1S/C11H14BrF2N/c1-2-3-4-5-15-11-9(13)6-8(12)7-10(11)14/h6-7,15H,2-5H2,1H3. The molecule has 0 aliphatic heterocycles. The molecule has 0 unspecified atom stereocenters. The lowest BCUT2D eigenvalue weighted by molar-refractivity contribution is 0.585. The van der Waals surface area contributed by atoms with E-state index in [4.69, 9.17) is 0 Å². The second-order valence-corrected chi connectivity index (χ2v) is 4.29. The van der Waals surface area contributed by atoms with E-state index in [9.17, 15) is 8.78 Å². The maximum absolute atomic E-state index is 13.3. The first-order valence-corrected chi connectivity index (χ1v) is 5.83. The summed E-state index contributed by atoms with van der Waals surface area (Å²) in [7, 11) is 0. The summed E-state index contributed by atoms with van der Waals surface area (Å²) in [5.74, 6) is -1.11. The van der Waals surface area contributed by atoms with Crippen LogP contribution in [0.25, 0.3) is 0 Å². The maximum atomic E-state index is 13.3. The molecule has 1 aromatic rings. The van der Waals surface area contributed by atoms with E-state index in [0.717, 1.165) is 19.3 Å². The first kappa shape index (κ1) is 12.4. The zero-order valence-electron chi connectivity index (χ0n) is 8.62. The molecule has 1 rings (SSSR count). The van der Waals surface area contributed by atoms with Crippen molar-refractivity contribution in [1.29, 1.82) is 0 Å². The molecule has 0 saturated carbocycles. The molecule has 0 fully saturated rings. The Morgan fingerprint density at radius 3 is 2.33 bits per heavy atom. The molecule has 1 aromatic carbocycles. The Kier molecular flexibility index (Phi) is 5.02. The summed E-state index contributed by atoms with van der Waals surface area (Å²) in [5, 5.41) is 2.77. The maximum Gasteiger partial charge on any atom is 0.150 e. The molecule has 0 atom stereocenters. The van der Waals surface area contributed by atoms with Crippen molar-refractivity contribution in [3.8, 4) is 0 Å². The molecule has 15 heavy (non-hydrogen) atoms. The van der Waals surface area contributed by atoms with Crippen LogP contribution in [0, 0.1) is 11.6 Å². The highest BCUT2D eigenvalue weighted by molar-refractivity contribution is 9.10. The summed E-state index contributed by atoms with van der Waals surface area (Å²) in [4.78, 5) is 0. The topological polar surface area (TPSA) is 12.0 Å². The van der Waals surface area contributed by atoms with Crippen LogP contribution in [0.3, 0.4) is 0 Å². The number of anilines is 1. The van der Waals surface area contributed by atoms with Crippen molar-refractivity contribution in [1.82, 2.24) is 0 Å². The van der Waals surface area contributed by atoms with Crippen molar-refractivity contribution in [2.75, 3.05) is 11.9 Å². The van der Waals surface area contributed by atoms with E-state index in [2.05, 4.69) is 28.2 Å². The van der Waals surface area contributed by atoms with Gasteiger partial charge in [0.1, 0.15) is 17.3 Å². The van der Waals surface area contributed by atoms with Crippen molar-refractivity contribution in [2.45, 2.75) is 26.2 Å². The second kappa shape index (κ2) is 6.05. The quantitative estimate of drug-likeness (QED) is 0.790. The lowest BCUT2D eigenvalue weighted by Gasteiger charge is -2.08. The molecular weight excluding hydrogens is 264 g/mol. The molecule has 0 aliphatic carbocycles. The molecule has 0 amide bonds. The predicted molar refractivity (Wildman–Crippen MR) is 62.1 cm³/mol. The molecule has 84 valence electrons. The van der Waals surface area contributed by atoms with Gasteiger partial charge in [-0.1, -0.05) is 35.7 Å². The van der Waals surface area contributed by atoms with Crippen LogP contribution in [0.1, 0.15) is 26.2 Å². The number of benzene rings is 1. The van der Waals surface area contributed by atoms with Crippen LogP contribution in [-0.4, -0.2) is 6.54 Å². The third kappa shape index (κ3) is 3.78. The highest BCUT2D eigenvalue weighted by Gasteiger charge is 2.09. The fraction of sp³-hybridized carbons (Fsp3) is 0.455. The van der Waals surface area contributed by atoms with Crippen LogP contribution >= 0.6 is 15.9 Å². The summed E-state index contributed by atoms with van der Waals surface area (Å²) in [5.41, 5.74) is -0.0331. The minimum absolute atomic E-state index is 0.0331. The lowest BCUT2D eigenvalue weighted by Crippen LogP contribution is -2.05. The minimum atomic E-state index is -0.557. The van der Waals surface area contributed by atoms with E-state index in [-0.39, 0.29) is 5.69 Å². The summed E-state index contributed by atoms with van der Waals surface area (Å²) in [6.07, 6.45) is 3.07. The van der Waals surface area contributed by atoms with Gasteiger partial charge in [0, 0.05) is 11.0 Å². The Bertz CT molecular complexity index is 305. The van der Waals surface area contributed by atoms with Crippen molar-refractivity contribution in [3.05, 3.63) is 28.2 Å². The van der Waals surface area contributed by atoms with Gasteiger partial charge in [-0.15, -0.1) is 0 Å². The zero-order valence-corrected chi connectivity index (χ0v) is 10.2. The predicted octanol–water partition coefficient (Wildman–Crippen LogP) is 4.33. The summed E-state index contributed by atoms with van der Waals surface area (Å²) < 4.78 is 27.0. The lowest BCUT2D eigenvalue weighted by atomic mass is 10.2. The van der Waals surface area contributed by atoms with E-state index in [1.165, 1.54) is 12.1 Å². The summed E-state index contributed by atoms with van der Waals surface area (Å²) in [6.45, 7) is 2.68. The molecule has 0 aromatic heterocycles. The Morgan fingerprint density at radius 2 is 1.80 bits per heavy atom. The van der Waals surface area contributed by atoms with Crippen LogP contribution in [0.4, 0.5) is 14.5 Å². The Labute approximate surface area is 97.0 Å². The molecule has 4 heteroatoms. The fourth-order valence-corrected chi connectivity index (χ4v) is 1.70. The Balaban J connectivity index is 2.60. The van der Waals surface area contributed by atoms with Gasteiger partial charge in [0.25, 0.3) is 0 Å². The molecule has 0 aliphatic rings. The molecule has 0 saturated heterocycles. The third-order valence-electron chi connectivity index (χ3n) is 2.09. The third-order valence-corrected chi connectivity index (χ3v) is 2.55. The Morgan fingerprint density at radius 1 is 1.20 bits per heavy atom. The number of unbranched alkanes of at least 4 members (excludes halogenated alkanes) is 2. The van der Waals surface area contributed by atoms with E-state index in [1.807, 2.05) is 0 Å².